The van der Waals surface area contributed by atoms with Gasteiger partial charge in [0.25, 0.3) is 0 Å². The maximum Gasteiger partial charge on any atom is 0.414 e. The molecule has 0 saturated carbocycles. The summed E-state index contributed by atoms with van der Waals surface area (Å²) in [5.41, 5.74) is 2.15. The van der Waals surface area contributed by atoms with E-state index in [1.807, 2.05) is 32.9 Å². The van der Waals surface area contributed by atoms with E-state index < -0.39 is 5.60 Å². The average molecular weight is 276 g/mol. The van der Waals surface area contributed by atoms with Crippen molar-refractivity contribution in [1.29, 1.82) is 0 Å². The smallest absolute Gasteiger partial charge is 0.414 e. The van der Waals surface area contributed by atoms with Crippen molar-refractivity contribution in [3.8, 4) is 0 Å². The predicted octanol–water partition coefficient (Wildman–Crippen LogP) is 2.94. The first-order valence-electron chi connectivity index (χ1n) is 6.67. The van der Waals surface area contributed by atoms with Crippen molar-refractivity contribution < 1.29 is 14.3 Å². The van der Waals surface area contributed by atoms with Gasteiger partial charge < -0.3 is 10.1 Å². The molecule has 0 spiro atoms. The molecule has 2 amide bonds. The van der Waals surface area contributed by atoms with Crippen molar-refractivity contribution in [3.63, 3.8) is 0 Å². The van der Waals surface area contributed by atoms with Gasteiger partial charge in [-0.05, 0) is 51.0 Å². The number of hydrogen-bond acceptors (Lipinski definition) is 3. The summed E-state index contributed by atoms with van der Waals surface area (Å²) in [6, 6.07) is 5.54. The SMILES string of the molecule is CC(=O)Nc1ccc2c(c1)CCN2C(=O)OC(C)(C)C. The number of benzene rings is 1. The molecule has 108 valence electrons. The van der Waals surface area contributed by atoms with Crippen LogP contribution in [0.1, 0.15) is 33.3 Å². The lowest BCUT2D eigenvalue weighted by Crippen LogP contribution is -2.35. The van der Waals surface area contributed by atoms with Crippen molar-refractivity contribution in [2.24, 2.45) is 0 Å². The van der Waals surface area contributed by atoms with Crippen molar-refractivity contribution in [2.75, 3.05) is 16.8 Å². The minimum atomic E-state index is -0.504. The van der Waals surface area contributed by atoms with Crippen molar-refractivity contribution in [3.05, 3.63) is 23.8 Å². The molecule has 0 radical (unpaired) electrons. The van der Waals surface area contributed by atoms with Crippen LogP contribution in [0, 0.1) is 0 Å². The van der Waals surface area contributed by atoms with Crippen LogP contribution in [0.2, 0.25) is 0 Å². The molecule has 20 heavy (non-hydrogen) atoms. The third kappa shape index (κ3) is 3.29. The van der Waals surface area contributed by atoms with Crippen molar-refractivity contribution >= 4 is 23.4 Å². The molecular formula is C15H20N2O3. The van der Waals surface area contributed by atoms with Gasteiger partial charge >= 0.3 is 6.09 Å². The number of hydrogen-bond donors (Lipinski definition) is 1. The molecular weight excluding hydrogens is 256 g/mol. The van der Waals surface area contributed by atoms with E-state index in [2.05, 4.69) is 5.32 Å². The molecule has 1 N–H and O–H groups in total. The molecule has 0 aliphatic carbocycles. The highest BCUT2D eigenvalue weighted by Crippen LogP contribution is 2.31. The molecule has 1 aliphatic rings. The summed E-state index contributed by atoms with van der Waals surface area (Å²) in [4.78, 5) is 24.8. The Bertz CT molecular complexity index is 547. The number of rotatable bonds is 1. The van der Waals surface area contributed by atoms with Gasteiger partial charge in [0.05, 0.1) is 5.69 Å². The molecule has 0 atom stereocenters. The molecule has 0 bridgehead atoms. The van der Waals surface area contributed by atoms with E-state index in [0.29, 0.717) is 6.54 Å². The molecule has 0 fully saturated rings. The van der Waals surface area contributed by atoms with Crippen LogP contribution in [0.5, 0.6) is 0 Å². The maximum atomic E-state index is 12.1. The highest BCUT2D eigenvalue weighted by atomic mass is 16.6. The van der Waals surface area contributed by atoms with E-state index in [1.54, 1.807) is 11.0 Å². The van der Waals surface area contributed by atoms with Crippen LogP contribution < -0.4 is 10.2 Å². The Morgan fingerprint density at radius 2 is 2.00 bits per heavy atom. The lowest BCUT2D eigenvalue weighted by molar-refractivity contribution is -0.114. The number of ether oxygens (including phenoxy) is 1. The van der Waals surface area contributed by atoms with Gasteiger partial charge in [0.2, 0.25) is 5.91 Å². The monoisotopic (exact) mass is 276 g/mol. The first-order chi connectivity index (χ1) is 9.26. The summed E-state index contributed by atoms with van der Waals surface area (Å²) in [5.74, 6) is -0.105. The van der Waals surface area contributed by atoms with Gasteiger partial charge in [-0.3, -0.25) is 9.69 Å². The summed E-state index contributed by atoms with van der Waals surface area (Å²) >= 11 is 0. The van der Waals surface area contributed by atoms with Gasteiger partial charge in [-0.25, -0.2) is 4.79 Å². The number of carbonyl (C=O) groups excluding carboxylic acids is 2. The Labute approximate surface area is 118 Å². The van der Waals surface area contributed by atoms with Crippen LogP contribution in [0.3, 0.4) is 0 Å². The van der Waals surface area contributed by atoms with E-state index in [0.717, 1.165) is 23.4 Å². The van der Waals surface area contributed by atoms with E-state index in [9.17, 15) is 9.59 Å². The summed E-state index contributed by atoms with van der Waals surface area (Å²) in [6.45, 7) is 7.62. The number of nitrogens with zero attached hydrogens (tertiary/aromatic N) is 1. The third-order valence-electron chi connectivity index (χ3n) is 2.91. The predicted molar refractivity (Wildman–Crippen MR) is 78.0 cm³/mol. The van der Waals surface area contributed by atoms with Crippen LogP contribution in [0.25, 0.3) is 0 Å². The van der Waals surface area contributed by atoms with Gasteiger partial charge in [-0.1, -0.05) is 0 Å². The lowest BCUT2D eigenvalue weighted by Gasteiger charge is -2.24. The Morgan fingerprint density at radius 1 is 1.30 bits per heavy atom. The van der Waals surface area contributed by atoms with E-state index in [4.69, 9.17) is 4.74 Å². The van der Waals surface area contributed by atoms with Crippen LogP contribution in [-0.2, 0) is 16.0 Å². The fourth-order valence-corrected chi connectivity index (χ4v) is 2.19. The van der Waals surface area contributed by atoms with Gasteiger partial charge in [-0.2, -0.15) is 0 Å². The molecule has 1 aliphatic heterocycles. The van der Waals surface area contributed by atoms with Crippen LogP contribution in [0.15, 0.2) is 18.2 Å². The highest BCUT2D eigenvalue weighted by Gasteiger charge is 2.28. The quantitative estimate of drug-likeness (QED) is 0.858. The summed E-state index contributed by atoms with van der Waals surface area (Å²) < 4.78 is 5.39. The molecule has 1 aromatic rings. The number of anilines is 2. The highest BCUT2D eigenvalue weighted by molar-refractivity contribution is 5.93. The standard InChI is InChI=1S/C15H20N2O3/c1-10(18)16-12-5-6-13-11(9-12)7-8-17(13)14(19)20-15(2,3)4/h5-6,9H,7-8H2,1-4H3,(H,16,18). The maximum absolute atomic E-state index is 12.1. The Balaban J connectivity index is 2.17. The van der Waals surface area contributed by atoms with Gasteiger partial charge in [-0.15, -0.1) is 0 Å². The normalized spacial score (nSPS) is 13.9. The Hall–Kier alpha value is -2.04. The average Bonchev–Trinajstić information content (AvgIpc) is 2.68. The first kappa shape index (κ1) is 14.4. The minimum Gasteiger partial charge on any atom is -0.443 e. The van der Waals surface area contributed by atoms with E-state index >= 15 is 0 Å². The Morgan fingerprint density at radius 3 is 2.60 bits per heavy atom. The Kier molecular flexibility index (Phi) is 3.70. The molecule has 0 aromatic heterocycles. The fourth-order valence-electron chi connectivity index (χ4n) is 2.19. The molecule has 5 heteroatoms. The third-order valence-corrected chi connectivity index (χ3v) is 2.91. The second-order valence-electron chi connectivity index (χ2n) is 5.91. The van der Waals surface area contributed by atoms with E-state index in [-0.39, 0.29) is 12.0 Å². The second-order valence-corrected chi connectivity index (χ2v) is 5.91. The second kappa shape index (κ2) is 5.15. The van der Waals surface area contributed by atoms with Crippen LogP contribution >= 0.6 is 0 Å². The zero-order chi connectivity index (χ0) is 14.9. The van der Waals surface area contributed by atoms with Crippen LogP contribution in [-0.4, -0.2) is 24.1 Å². The van der Waals surface area contributed by atoms with Gasteiger partial charge in [0, 0.05) is 19.2 Å². The molecule has 1 heterocycles. The topological polar surface area (TPSA) is 58.6 Å². The van der Waals surface area contributed by atoms with Crippen LogP contribution in [0.4, 0.5) is 16.2 Å². The molecule has 5 nitrogen and oxygen atoms in total. The lowest BCUT2D eigenvalue weighted by atomic mass is 10.1. The van der Waals surface area contributed by atoms with Crippen molar-refractivity contribution in [2.45, 2.75) is 39.7 Å². The zero-order valence-corrected chi connectivity index (χ0v) is 12.3. The molecule has 0 unspecified atom stereocenters. The van der Waals surface area contributed by atoms with Gasteiger partial charge in [0.1, 0.15) is 5.60 Å². The molecule has 2 rings (SSSR count). The minimum absolute atomic E-state index is 0.105. The number of nitrogens with one attached hydrogen (secondary N) is 1. The van der Waals surface area contributed by atoms with E-state index in [1.165, 1.54) is 6.92 Å². The number of fused-ring (bicyclic) bond motifs is 1. The fraction of sp³-hybridized carbons (Fsp3) is 0.467. The largest absolute Gasteiger partial charge is 0.443 e. The number of carbonyl (C=O) groups is 2. The summed E-state index contributed by atoms with van der Waals surface area (Å²) in [5, 5.41) is 2.74. The molecule has 1 aromatic carbocycles. The summed E-state index contributed by atoms with van der Waals surface area (Å²) in [7, 11) is 0. The van der Waals surface area contributed by atoms with Crippen molar-refractivity contribution in [1.82, 2.24) is 0 Å². The summed E-state index contributed by atoms with van der Waals surface area (Å²) in [6.07, 6.45) is 0.436. The zero-order valence-electron chi connectivity index (χ0n) is 12.3. The first-order valence-corrected chi connectivity index (χ1v) is 6.67. The number of amides is 2. The molecule has 0 saturated heterocycles. The van der Waals surface area contributed by atoms with Gasteiger partial charge in [0.15, 0.2) is 0 Å².